The lowest BCUT2D eigenvalue weighted by molar-refractivity contribution is 0.637. The van der Waals surface area contributed by atoms with Gasteiger partial charge in [-0.1, -0.05) is 18.5 Å². The van der Waals surface area contributed by atoms with Crippen LogP contribution in [0.1, 0.15) is 26.2 Å². The lowest BCUT2D eigenvalue weighted by atomic mass is 10.2. The second-order valence-corrected chi connectivity index (χ2v) is 4.00. The molecule has 1 fully saturated rings. The molecule has 2 rings (SSSR count). The standard InChI is InChI=1S/C10H14ClN3/c1-2-8-4-3-7-14(8)10-6-5-9(11)12-13-10/h5-6,8H,2-4,7H2,1H3. The second kappa shape index (κ2) is 4.13. The van der Waals surface area contributed by atoms with Crippen molar-refractivity contribution in [2.45, 2.75) is 32.2 Å². The molecule has 1 aliphatic rings. The van der Waals surface area contributed by atoms with E-state index in [2.05, 4.69) is 22.0 Å². The molecule has 0 radical (unpaired) electrons. The van der Waals surface area contributed by atoms with Crippen LogP contribution in [0.3, 0.4) is 0 Å². The molecule has 0 aromatic carbocycles. The van der Waals surface area contributed by atoms with Crippen LogP contribution < -0.4 is 4.90 Å². The van der Waals surface area contributed by atoms with Gasteiger partial charge in [-0.3, -0.25) is 0 Å². The molecular weight excluding hydrogens is 198 g/mol. The van der Waals surface area contributed by atoms with Crippen molar-refractivity contribution >= 4 is 17.4 Å². The van der Waals surface area contributed by atoms with E-state index >= 15 is 0 Å². The minimum Gasteiger partial charge on any atom is -0.352 e. The molecule has 0 amide bonds. The number of rotatable bonds is 2. The zero-order chi connectivity index (χ0) is 9.97. The van der Waals surface area contributed by atoms with E-state index in [0.717, 1.165) is 12.4 Å². The van der Waals surface area contributed by atoms with Crippen molar-refractivity contribution in [1.82, 2.24) is 10.2 Å². The SMILES string of the molecule is CCC1CCCN1c1ccc(Cl)nn1. The first kappa shape index (κ1) is 9.71. The first-order valence-corrected chi connectivity index (χ1v) is 5.45. The summed E-state index contributed by atoms with van der Waals surface area (Å²) in [5.74, 6) is 0.957. The second-order valence-electron chi connectivity index (χ2n) is 3.61. The molecule has 3 nitrogen and oxygen atoms in total. The topological polar surface area (TPSA) is 29.0 Å². The Bertz CT molecular complexity index is 299. The highest BCUT2D eigenvalue weighted by molar-refractivity contribution is 6.29. The van der Waals surface area contributed by atoms with Crippen molar-refractivity contribution in [3.63, 3.8) is 0 Å². The summed E-state index contributed by atoms with van der Waals surface area (Å²) in [6, 6.07) is 4.38. The molecule has 0 N–H and O–H groups in total. The average Bonchev–Trinajstić information content (AvgIpc) is 2.67. The zero-order valence-corrected chi connectivity index (χ0v) is 9.04. The van der Waals surface area contributed by atoms with Crippen molar-refractivity contribution in [2.24, 2.45) is 0 Å². The fourth-order valence-corrected chi connectivity index (χ4v) is 2.12. The average molecular weight is 212 g/mol. The number of hydrogen-bond acceptors (Lipinski definition) is 3. The molecule has 1 saturated heterocycles. The first-order chi connectivity index (χ1) is 6.81. The molecule has 1 aromatic rings. The van der Waals surface area contributed by atoms with Gasteiger partial charge < -0.3 is 4.90 Å². The highest BCUT2D eigenvalue weighted by atomic mass is 35.5. The Morgan fingerprint density at radius 3 is 3.00 bits per heavy atom. The molecule has 0 saturated carbocycles. The number of anilines is 1. The maximum absolute atomic E-state index is 5.70. The third kappa shape index (κ3) is 1.82. The van der Waals surface area contributed by atoms with Crippen LogP contribution in [0.5, 0.6) is 0 Å². The fraction of sp³-hybridized carbons (Fsp3) is 0.600. The molecule has 2 heterocycles. The normalized spacial score (nSPS) is 21.6. The van der Waals surface area contributed by atoms with Gasteiger partial charge in [-0.2, -0.15) is 0 Å². The summed E-state index contributed by atoms with van der Waals surface area (Å²) >= 11 is 5.70. The summed E-state index contributed by atoms with van der Waals surface area (Å²) in [4.78, 5) is 2.32. The molecule has 14 heavy (non-hydrogen) atoms. The van der Waals surface area contributed by atoms with E-state index < -0.39 is 0 Å². The van der Waals surface area contributed by atoms with Gasteiger partial charge in [-0.15, -0.1) is 10.2 Å². The van der Waals surface area contributed by atoms with Gasteiger partial charge in [-0.25, -0.2) is 0 Å². The highest BCUT2D eigenvalue weighted by Crippen LogP contribution is 2.25. The Balaban J connectivity index is 2.17. The predicted molar refractivity (Wildman–Crippen MR) is 57.7 cm³/mol. The van der Waals surface area contributed by atoms with E-state index in [0.29, 0.717) is 11.2 Å². The van der Waals surface area contributed by atoms with Crippen LogP contribution in [-0.4, -0.2) is 22.8 Å². The van der Waals surface area contributed by atoms with E-state index in [4.69, 9.17) is 11.6 Å². The van der Waals surface area contributed by atoms with Gasteiger partial charge in [0.1, 0.15) is 0 Å². The van der Waals surface area contributed by atoms with Crippen molar-refractivity contribution in [3.05, 3.63) is 17.3 Å². The Hall–Kier alpha value is -0.830. The van der Waals surface area contributed by atoms with Gasteiger partial charge >= 0.3 is 0 Å². The molecular formula is C10H14ClN3. The van der Waals surface area contributed by atoms with Crippen LogP contribution in [0, 0.1) is 0 Å². The molecule has 1 unspecified atom stereocenters. The maximum Gasteiger partial charge on any atom is 0.151 e. The Kier molecular flexibility index (Phi) is 2.87. The number of nitrogens with zero attached hydrogens (tertiary/aromatic N) is 3. The van der Waals surface area contributed by atoms with E-state index in [1.807, 2.05) is 6.07 Å². The van der Waals surface area contributed by atoms with E-state index in [9.17, 15) is 0 Å². The number of hydrogen-bond donors (Lipinski definition) is 0. The van der Waals surface area contributed by atoms with Crippen molar-refractivity contribution in [2.75, 3.05) is 11.4 Å². The van der Waals surface area contributed by atoms with Crippen molar-refractivity contribution in [3.8, 4) is 0 Å². The lowest BCUT2D eigenvalue weighted by Gasteiger charge is -2.23. The van der Waals surface area contributed by atoms with Crippen LogP contribution in [0.25, 0.3) is 0 Å². The van der Waals surface area contributed by atoms with E-state index in [-0.39, 0.29) is 0 Å². The number of aromatic nitrogens is 2. The third-order valence-corrected chi connectivity index (χ3v) is 2.96. The van der Waals surface area contributed by atoms with E-state index in [1.54, 1.807) is 6.07 Å². The molecule has 0 spiro atoms. The lowest BCUT2D eigenvalue weighted by Crippen LogP contribution is -2.29. The van der Waals surface area contributed by atoms with Gasteiger partial charge in [0.15, 0.2) is 11.0 Å². The Morgan fingerprint density at radius 1 is 1.50 bits per heavy atom. The molecule has 0 aliphatic carbocycles. The Labute approximate surface area is 89.1 Å². The highest BCUT2D eigenvalue weighted by Gasteiger charge is 2.23. The summed E-state index contributed by atoms with van der Waals surface area (Å²) in [6.07, 6.45) is 3.69. The summed E-state index contributed by atoms with van der Waals surface area (Å²) in [5.41, 5.74) is 0. The zero-order valence-electron chi connectivity index (χ0n) is 8.28. The minimum absolute atomic E-state index is 0.459. The van der Waals surface area contributed by atoms with Gasteiger partial charge in [0.05, 0.1) is 0 Å². The van der Waals surface area contributed by atoms with E-state index in [1.165, 1.54) is 19.3 Å². The monoisotopic (exact) mass is 211 g/mol. The molecule has 4 heteroatoms. The summed E-state index contributed by atoms with van der Waals surface area (Å²) < 4.78 is 0. The molecule has 1 aromatic heterocycles. The van der Waals surface area contributed by atoms with Crippen molar-refractivity contribution < 1.29 is 0 Å². The number of halogens is 1. The smallest absolute Gasteiger partial charge is 0.151 e. The summed E-state index contributed by atoms with van der Waals surface area (Å²) in [6.45, 7) is 3.31. The maximum atomic E-state index is 5.70. The summed E-state index contributed by atoms with van der Waals surface area (Å²) in [5, 5.41) is 8.43. The van der Waals surface area contributed by atoms with Gasteiger partial charge in [-0.05, 0) is 31.4 Å². The molecule has 76 valence electrons. The van der Waals surface area contributed by atoms with Gasteiger partial charge in [0.2, 0.25) is 0 Å². The largest absolute Gasteiger partial charge is 0.352 e. The molecule has 0 bridgehead atoms. The first-order valence-electron chi connectivity index (χ1n) is 5.07. The molecule has 1 atom stereocenters. The Morgan fingerprint density at radius 2 is 2.36 bits per heavy atom. The van der Waals surface area contributed by atoms with Crippen molar-refractivity contribution in [1.29, 1.82) is 0 Å². The van der Waals surface area contributed by atoms with Crippen LogP contribution >= 0.6 is 11.6 Å². The van der Waals surface area contributed by atoms with Crippen LogP contribution in [0.2, 0.25) is 5.15 Å². The quantitative estimate of drug-likeness (QED) is 0.753. The molecule has 1 aliphatic heterocycles. The predicted octanol–water partition coefficient (Wildman–Crippen LogP) is 2.51. The third-order valence-electron chi connectivity index (χ3n) is 2.76. The fourth-order valence-electron chi connectivity index (χ4n) is 2.02. The van der Waals surface area contributed by atoms with Gasteiger partial charge in [0.25, 0.3) is 0 Å². The van der Waals surface area contributed by atoms with Gasteiger partial charge in [0, 0.05) is 12.6 Å². The minimum atomic E-state index is 0.459. The van der Waals surface area contributed by atoms with Crippen LogP contribution in [0.4, 0.5) is 5.82 Å². The summed E-state index contributed by atoms with van der Waals surface area (Å²) in [7, 11) is 0. The van der Waals surface area contributed by atoms with Crippen LogP contribution in [-0.2, 0) is 0 Å². The van der Waals surface area contributed by atoms with Crippen LogP contribution in [0.15, 0.2) is 12.1 Å².